The molecule has 0 radical (unpaired) electrons. The minimum Gasteiger partial charge on any atom is -0.390 e. The van der Waals surface area contributed by atoms with E-state index in [0.717, 1.165) is 9.04 Å². The van der Waals surface area contributed by atoms with E-state index in [1.807, 2.05) is 0 Å². The summed E-state index contributed by atoms with van der Waals surface area (Å²) in [4.78, 5) is 27.7. The number of aromatic nitrogens is 3. The first kappa shape index (κ1) is 13.7. The van der Waals surface area contributed by atoms with Crippen LogP contribution in [0.2, 0.25) is 0 Å². The van der Waals surface area contributed by atoms with Crippen LogP contribution < -0.4 is 11.2 Å². The van der Waals surface area contributed by atoms with Crippen molar-refractivity contribution in [2.45, 2.75) is 13.2 Å². The van der Waals surface area contributed by atoms with Crippen molar-refractivity contribution in [3.05, 3.63) is 61.1 Å². The summed E-state index contributed by atoms with van der Waals surface area (Å²) in [6.45, 7) is -0.132. The molecule has 2 rings (SSSR count). The Morgan fingerprint density at radius 3 is 2.68 bits per heavy atom. The molecule has 100 valence electrons. The molecule has 0 aliphatic heterocycles. The molecular formula is C12H12BrN3O3. The Bertz CT molecular complexity index is 721. The Morgan fingerprint density at radius 1 is 1.32 bits per heavy atom. The average Bonchev–Trinajstić information content (AvgIpc) is 2.38. The normalized spacial score (nSPS) is 10.7. The van der Waals surface area contributed by atoms with E-state index >= 15 is 0 Å². The van der Waals surface area contributed by atoms with Crippen molar-refractivity contribution >= 4 is 15.9 Å². The van der Waals surface area contributed by atoms with Gasteiger partial charge in [-0.15, -0.1) is 0 Å². The summed E-state index contributed by atoms with van der Waals surface area (Å²) in [5.74, 6) is 0. The number of hydrogen-bond donors (Lipinski definition) is 1. The second-order valence-electron chi connectivity index (χ2n) is 4.06. The van der Waals surface area contributed by atoms with Gasteiger partial charge in [0.05, 0.1) is 24.5 Å². The Kier molecular flexibility index (Phi) is 3.96. The Balaban J connectivity index is 2.47. The number of pyridine rings is 1. The van der Waals surface area contributed by atoms with Gasteiger partial charge in [-0.25, -0.2) is 4.79 Å². The van der Waals surface area contributed by atoms with Gasteiger partial charge in [0.1, 0.15) is 0 Å². The van der Waals surface area contributed by atoms with E-state index in [0.29, 0.717) is 11.4 Å². The van der Waals surface area contributed by atoms with Gasteiger partial charge in [0.15, 0.2) is 0 Å². The van der Waals surface area contributed by atoms with Crippen molar-refractivity contribution in [3.8, 4) is 0 Å². The average molecular weight is 326 g/mol. The number of aliphatic hydroxyl groups excluding tert-OH is 1. The fraction of sp³-hybridized carbons (Fsp3) is 0.250. The van der Waals surface area contributed by atoms with Gasteiger partial charge < -0.3 is 9.67 Å². The number of hydrogen-bond acceptors (Lipinski definition) is 4. The molecule has 0 atom stereocenters. The largest absolute Gasteiger partial charge is 0.390 e. The van der Waals surface area contributed by atoms with Gasteiger partial charge in [0, 0.05) is 23.8 Å². The molecule has 0 aromatic carbocycles. The molecule has 0 aliphatic rings. The van der Waals surface area contributed by atoms with Crippen LogP contribution in [-0.4, -0.2) is 19.2 Å². The van der Waals surface area contributed by atoms with E-state index in [9.17, 15) is 9.59 Å². The lowest BCUT2D eigenvalue weighted by molar-refractivity contribution is 0.276. The Hall–Kier alpha value is -1.73. The van der Waals surface area contributed by atoms with Crippen molar-refractivity contribution < 1.29 is 5.11 Å². The van der Waals surface area contributed by atoms with Crippen LogP contribution in [0.5, 0.6) is 0 Å². The first-order chi connectivity index (χ1) is 9.01. The number of halogens is 1. The lowest BCUT2D eigenvalue weighted by Crippen LogP contribution is -2.38. The van der Waals surface area contributed by atoms with Gasteiger partial charge in [0.2, 0.25) is 0 Å². The first-order valence-corrected chi connectivity index (χ1v) is 6.33. The van der Waals surface area contributed by atoms with Crippen molar-refractivity contribution in [3.63, 3.8) is 0 Å². The third-order valence-corrected chi connectivity index (χ3v) is 3.08. The minimum atomic E-state index is -0.403. The minimum absolute atomic E-state index is 0.0682. The van der Waals surface area contributed by atoms with E-state index in [-0.39, 0.29) is 18.7 Å². The molecule has 7 heteroatoms. The number of nitrogens with zero attached hydrogens (tertiary/aromatic N) is 3. The van der Waals surface area contributed by atoms with Crippen LogP contribution in [0.15, 0.2) is 38.5 Å². The summed E-state index contributed by atoms with van der Waals surface area (Å²) < 4.78 is 3.16. The van der Waals surface area contributed by atoms with E-state index < -0.39 is 5.69 Å². The van der Waals surface area contributed by atoms with Crippen LogP contribution in [0.3, 0.4) is 0 Å². The summed E-state index contributed by atoms with van der Waals surface area (Å²) in [7, 11) is 1.58. The molecule has 0 fully saturated rings. The molecule has 1 N–H and O–H groups in total. The second kappa shape index (κ2) is 5.50. The van der Waals surface area contributed by atoms with Crippen molar-refractivity contribution in [1.29, 1.82) is 0 Å². The highest BCUT2D eigenvalue weighted by Crippen LogP contribution is 2.13. The number of aryl methyl sites for hydroxylation is 1. The zero-order chi connectivity index (χ0) is 14.0. The summed E-state index contributed by atoms with van der Waals surface area (Å²) in [6, 6.07) is 4.71. The number of aliphatic hydroxyl groups is 1. The van der Waals surface area contributed by atoms with Gasteiger partial charge in [-0.3, -0.25) is 14.3 Å². The van der Waals surface area contributed by atoms with E-state index in [2.05, 4.69) is 20.9 Å². The van der Waals surface area contributed by atoms with Crippen LogP contribution in [0.25, 0.3) is 0 Å². The van der Waals surface area contributed by atoms with Crippen molar-refractivity contribution in [2.75, 3.05) is 0 Å². The highest BCUT2D eigenvalue weighted by atomic mass is 79.9. The van der Waals surface area contributed by atoms with Crippen molar-refractivity contribution in [1.82, 2.24) is 14.1 Å². The van der Waals surface area contributed by atoms with Crippen molar-refractivity contribution in [2.24, 2.45) is 7.05 Å². The summed E-state index contributed by atoms with van der Waals surface area (Å²) in [6.07, 6.45) is 1.43. The molecule has 0 saturated carbocycles. The van der Waals surface area contributed by atoms with Gasteiger partial charge in [-0.05, 0) is 12.1 Å². The molecule has 6 nitrogen and oxygen atoms in total. The zero-order valence-corrected chi connectivity index (χ0v) is 11.8. The van der Waals surface area contributed by atoms with Crippen LogP contribution in [0, 0.1) is 0 Å². The van der Waals surface area contributed by atoms with Gasteiger partial charge in [-0.1, -0.05) is 15.9 Å². The Morgan fingerprint density at radius 2 is 2.00 bits per heavy atom. The molecular weight excluding hydrogens is 314 g/mol. The lowest BCUT2D eigenvalue weighted by atomic mass is 10.3. The van der Waals surface area contributed by atoms with Gasteiger partial charge >= 0.3 is 5.69 Å². The summed E-state index contributed by atoms with van der Waals surface area (Å²) in [5.41, 5.74) is 0.226. The third-order valence-electron chi connectivity index (χ3n) is 2.62. The zero-order valence-electron chi connectivity index (χ0n) is 10.2. The molecule has 2 aromatic rings. The molecule has 2 aromatic heterocycles. The van der Waals surface area contributed by atoms with E-state index in [1.165, 1.54) is 16.8 Å². The molecule has 0 aliphatic carbocycles. The standard InChI is InChI=1S/C12H12BrN3O3/c1-15-3-2-11(18)16(12(15)19)6-9-4-8(13)5-10(7-17)14-9/h2-5,17H,6-7H2,1H3. The van der Waals surface area contributed by atoms with Crippen LogP contribution in [0.1, 0.15) is 11.4 Å². The molecule has 2 heterocycles. The maximum Gasteiger partial charge on any atom is 0.331 e. The summed E-state index contributed by atoms with van der Waals surface area (Å²) in [5, 5.41) is 9.09. The SMILES string of the molecule is Cn1ccc(=O)n(Cc2cc(Br)cc(CO)n2)c1=O. The lowest BCUT2D eigenvalue weighted by Gasteiger charge is -2.07. The monoisotopic (exact) mass is 325 g/mol. The predicted octanol–water partition coefficient (Wildman–Crippen LogP) is 0.245. The topological polar surface area (TPSA) is 77.1 Å². The maximum atomic E-state index is 11.9. The maximum absolute atomic E-state index is 11.9. The smallest absolute Gasteiger partial charge is 0.331 e. The van der Waals surface area contributed by atoms with E-state index in [4.69, 9.17) is 5.11 Å². The highest BCUT2D eigenvalue weighted by Gasteiger charge is 2.07. The predicted molar refractivity (Wildman–Crippen MR) is 72.9 cm³/mol. The Labute approximate surface area is 117 Å². The first-order valence-electron chi connectivity index (χ1n) is 5.54. The van der Waals surface area contributed by atoms with E-state index in [1.54, 1.807) is 19.2 Å². The van der Waals surface area contributed by atoms with Gasteiger partial charge in [-0.2, -0.15) is 0 Å². The fourth-order valence-corrected chi connectivity index (χ4v) is 2.22. The van der Waals surface area contributed by atoms with Crippen LogP contribution in [-0.2, 0) is 20.2 Å². The summed E-state index contributed by atoms with van der Waals surface area (Å²) >= 11 is 3.30. The number of rotatable bonds is 3. The van der Waals surface area contributed by atoms with Gasteiger partial charge in [0.25, 0.3) is 5.56 Å². The molecule has 0 amide bonds. The third kappa shape index (κ3) is 2.99. The molecule has 19 heavy (non-hydrogen) atoms. The second-order valence-corrected chi connectivity index (χ2v) is 4.98. The molecule has 0 unspecified atom stereocenters. The highest BCUT2D eigenvalue weighted by molar-refractivity contribution is 9.10. The quantitative estimate of drug-likeness (QED) is 0.877. The molecule has 0 spiro atoms. The molecule has 0 bridgehead atoms. The molecule has 0 saturated heterocycles. The fourth-order valence-electron chi connectivity index (χ4n) is 1.69. The van der Waals surface area contributed by atoms with Crippen LogP contribution in [0.4, 0.5) is 0 Å². The van der Waals surface area contributed by atoms with Crippen LogP contribution >= 0.6 is 15.9 Å².